The van der Waals surface area contributed by atoms with E-state index in [1.165, 1.54) is 0 Å². The SMILES string of the molecule is Nc1nc2nc(C3CC3)[nH]c2c(=O)[nH]1. The van der Waals surface area contributed by atoms with E-state index >= 15 is 0 Å². The summed E-state index contributed by atoms with van der Waals surface area (Å²) in [6, 6.07) is 0. The van der Waals surface area contributed by atoms with Gasteiger partial charge in [-0.3, -0.25) is 9.78 Å². The Morgan fingerprint density at radius 3 is 2.79 bits per heavy atom. The van der Waals surface area contributed by atoms with Crippen LogP contribution in [0, 0.1) is 0 Å². The van der Waals surface area contributed by atoms with Crippen LogP contribution in [0.5, 0.6) is 0 Å². The van der Waals surface area contributed by atoms with E-state index in [2.05, 4.69) is 19.9 Å². The summed E-state index contributed by atoms with van der Waals surface area (Å²) in [5.41, 5.74) is 5.98. The van der Waals surface area contributed by atoms with Crippen molar-refractivity contribution in [2.75, 3.05) is 5.73 Å². The Morgan fingerprint density at radius 2 is 2.07 bits per heavy atom. The normalized spacial score (nSPS) is 16.3. The highest BCUT2D eigenvalue weighted by Gasteiger charge is 2.27. The van der Waals surface area contributed by atoms with E-state index in [9.17, 15) is 4.79 Å². The Hall–Kier alpha value is -1.85. The van der Waals surface area contributed by atoms with Gasteiger partial charge in [0.15, 0.2) is 11.2 Å². The lowest BCUT2D eigenvalue weighted by Gasteiger charge is -1.89. The lowest BCUT2D eigenvalue weighted by atomic mass is 10.4. The molecule has 2 heterocycles. The van der Waals surface area contributed by atoms with Gasteiger partial charge < -0.3 is 10.7 Å². The molecule has 1 saturated carbocycles. The monoisotopic (exact) mass is 191 g/mol. The Bertz CT molecular complexity index is 550. The number of imidazole rings is 1. The van der Waals surface area contributed by atoms with Crippen molar-refractivity contribution in [3.8, 4) is 0 Å². The van der Waals surface area contributed by atoms with E-state index in [0.29, 0.717) is 17.1 Å². The van der Waals surface area contributed by atoms with Crippen molar-refractivity contribution in [3.63, 3.8) is 0 Å². The fourth-order valence-corrected chi connectivity index (χ4v) is 1.49. The molecule has 0 radical (unpaired) electrons. The summed E-state index contributed by atoms with van der Waals surface area (Å²) in [5.74, 6) is 1.43. The summed E-state index contributed by atoms with van der Waals surface area (Å²) in [6.45, 7) is 0. The molecule has 1 fully saturated rings. The Morgan fingerprint density at radius 1 is 1.29 bits per heavy atom. The summed E-state index contributed by atoms with van der Waals surface area (Å²) in [6.07, 6.45) is 2.26. The molecular formula is C8H9N5O. The number of hydrogen-bond acceptors (Lipinski definition) is 4. The van der Waals surface area contributed by atoms with Gasteiger partial charge in [-0.2, -0.15) is 4.98 Å². The van der Waals surface area contributed by atoms with Crippen LogP contribution in [-0.2, 0) is 0 Å². The highest BCUT2D eigenvalue weighted by Crippen LogP contribution is 2.38. The number of nitrogens with one attached hydrogen (secondary N) is 2. The fraction of sp³-hybridized carbons (Fsp3) is 0.375. The van der Waals surface area contributed by atoms with Crippen LogP contribution in [0.25, 0.3) is 11.2 Å². The first-order valence-corrected chi connectivity index (χ1v) is 4.49. The molecule has 1 aliphatic carbocycles. The topological polar surface area (TPSA) is 100 Å². The smallest absolute Gasteiger partial charge is 0.278 e. The first-order chi connectivity index (χ1) is 6.74. The molecule has 0 amide bonds. The van der Waals surface area contributed by atoms with Gasteiger partial charge in [0.25, 0.3) is 5.56 Å². The van der Waals surface area contributed by atoms with Crippen LogP contribution >= 0.6 is 0 Å². The van der Waals surface area contributed by atoms with Crippen molar-refractivity contribution in [1.29, 1.82) is 0 Å². The van der Waals surface area contributed by atoms with Gasteiger partial charge in [0.2, 0.25) is 5.95 Å². The lowest BCUT2D eigenvalue weighted by molar-refractivity contribution is 0.983. The van der Waals surface area contributed by atoms with Gasteiger partial charge in [-0.25, -0.2) is 4.98 Å². The second-order valence-electron chi connectivity index (χ2n) is 3.55. The van der Waals surface area contributed by atoms with Gasteiger partial charge in [-0.1, -0.05) is 0 Å². The first kappa shape index (κ1) is 7.54. The molecule has 6 nitrogen and oxygen atoms in total. The van der Waals surface area contributed by atoms with Crippen LogP contribution in [0.15, 0.2) is 4.79 Å². The average molecular weight is 191 g/mol. The molecule has 0 saturated heterocycles. The third kappa shape index (κ3) is 1.00. The van der Waals surface area contributed by atoms with Crippen LogP contribution in [0.2, 0.25) is 0 Å². The van der Waals surface area contributed by atoms with Gasteiger partial charge in [0.1, 0.15) is 5.82 Å². The number of hydrogen-bond donors (Lipinski definition) is 3. The van der Waals surface area contributed by atoms with E-state index < -0.39 is 0 Å². The summed E-state index contributed by atoms with van der Waals surface area (Å²) in [4.78, 5) is 25.0. The number of nitrogens with zero attached hydrogens (tertiary/aromatic N) is 2. The maximum atomic E-state index is 11.4. The van der Waals surface area contributed by atoms with Gasteiger partial charge in [-0.15, -0.1) is 0 Å². The molecule has 72 valence electrons. The van der Waals surface area contributed by atoms with E-state index in [1.807, 2.05) is 0 Å². The quantitative estimate of drug-likeness (QED) is 0.595. The van der Waals surface area contributed by atoms with Crippen molar-refractivity contribution in [1.82, 2.24) is 19.9 Å². The second kappa shape index (κ2) is 2.34. The van der Waals surface area contributed by atoms with Crippen LogP contribution in [0.4, 0.5) is 5.95 Å². The second-order valence-corrected chi connectivity index (χ2v) is 3.55. The van der Waals surface area contributed by atoms with Gasteiger partial charge in [-0.05, 0) is 12.8 Å². The van der Waals surface area contributed by atoms with E-state index in [0.717, 1.165) is 18.7 Å². The molecule has 1 aliphatic rings. The maximum Gasteiger partial charge on any atom is 0.278 e. The molecule has 0 bridgehead atoms. The molecule has 14 heavy (non-hydrogen) atoms. The minimum atomic E-state index is -0.257. The largest absolute Gasteiger partial charge is 0.369 e. The van der Waals surface area contributed by atoms with E-state index in [4.69, 9.17) is 5.73 Å². The van der Waals surface area contributed by atoms with Gasteiger partial charge in [0, 0.05) is 5.92 Å². The van der Waals surface area contributed by atoms with Crippen LogP contribution in [0.3, 0.4) is 0 Å². The van der Waals surface area contributed by atoms with Crippen LogP contribution < -0.4 is 11.3 Å². The number of nitrogen functional groups attached to an aromatic ring is 1. The Labute approximate surface area is 78.6 Å². The zero-order chi connectivity index (χ0) is 9.71. The Balaban J connectivity index is 2.31. The molecule has 3 rings (SSSR count). The lowest BCUT2D eigenvalue weighted by Crippen LogP contribution is -2.10. The molecule has 0 aromatic carbocycles. The number of H-pyrrole nitrogens is 2. The number of fused-ring (bicyclic) bond motifs is 1. The first-order valence-electron chi connectivity index (χ1n) is 4.49. The predicted molar refractivity (Wildman–Crippen MR) is 50.9 cm³/mol. The fourth-order valence-electron chi connectivity index (χ4n) is 1.49. The molecule has 0 aliphatic heterocycles. The highest BCUT2D eigenvalue weighted by atomic mass is 16.1. The highest BCUT2D eigenvalue weighted by molar-refractivity contribution is 5.70. The van der Waals surface area contributed by atoms with Crippen molar-refractivity contribution in [3.05, 3.63) is 16.2 Å². The maximum absolute atomic E-state index is 11.4. The van der Waals surface area contributed by atoms with Crippen LogP contribution in [0.1, 0.15) is 24.6 Å². The minimum Gasteiger partial charge on any atom is -0.369 e. The minimum absolute atomic E-state index is 0.108. The summed E-state index contributed by atoms with van der Waals surface area (Å²) in [5, 5.41) is 0. The number of anilines is 1. The third-order valence-corrected chi connectivity index (χ3v) is 2.36. The van der Waals surface area contributed by atoms with Crippen molar-refractivity contribution in [2.24, 2.45) is 0 Å². The van der Waals surface area contributed by atoms with E-state index in [1.54, 1.807) is 0 Å². The molecule has 0 spiro atoms. The molecule has 0 atom stereocenters. The number of rotatable bonds is 1. The van der Waals surface area contributed by atoms with Crippen molar-refractivity contribution >= 4 is 17.1 Å². The molecule has 2 aromatic heterocycles. The van der Waals surface area contributed by atoms with E-state index in [-0.39, 0.29) is 11.5 Å². The standard InChI is InChI=1S/C8H9N5O/c9-8-12-6-4(7(14)13-8)10-5(11-6)3-1-2-3/h3H,1-2H2,(H4,9,10,11,12,13,14). The zero-order valence-corrected chi connectivity index (χ0v) is 7.37. The van der Waals surface area contributed by atoms with Crippen molar-refractivity contribution < 1.29 is 0 Å². The Kier molecular flexibility index (Phi) is 1.26. The molecule has 6 heteroatoms. The predicted octanol–water partition coefficient (Wildman–Crippen LogP) is 0.106. The third-order valence-electron chi connectivity index (χ3n) is 2.36. The molecular weight excluding hydrogens is 182 g/mol. The molecule has 2 aromatic rings. The number of aromatic nitrogens is 4. The number of aromatic amines is 2. The molecule has 4 N–H and O–H groups in total. The van der Waals surface area contributed by atoms with Gasteiger partial charge in [0.05, 0.1) is 0 Å². The number of nitrogens with two attached hydrogens (primary N) is 1. The summed E-state index contributed by atoms with van der Waals surface area (Å²) in [7, 11) is 0. The van der Waals surface area contributed by atoms with Crippen LogP contribution in [-0.4, -0.2) is 19.9 Å². The summed E-state index contributed by atoms with van der Waals surface area (Å²) >= 11 is 0. The van der Waals surface area contributed by atoms with Gasteiger partial charge >= 0.3 is 0 Å². The molecule has 0 unspecified atom stereocenters. The summed E-state index contributed by atoms with van der Waals surface area (Å²) < 4.78 is 0. The average Bonchev–Trinajstić information content (AvgIpc) is 2.87. The zero-order valence-electron chi connectivity index (χ0n) is 7.37. The van der Waals surface area contributed by atoms with Crippen molar-refractivity contribution in [2.45, 2.75) is 18.8 Å².